The molecular formula is C25H28N2O5. The maximum absolute atomic E-state index is 13.1. The Labute approximate surface area is 187 Å². The topological polar surface area (TPSA) is 79.3 Å². The number of methoxy groups -OCH3 is 1. The molecule has 1 N–H and O–H groups in total. The van der Waals surface area contributed by atoms with Crippen LogP contribution in [0.5, 0.6) is 5.75 Å². The number of Topliss-reactive ketones (excluding diaryl/α,β-unsaturated/α-hetero) is 1. The Balaban J connectivity index is 1.67. The Morgan fingerprint density at radius 2 is 1.81 bits per heavy atom. The summed E-state index contributed by atoms with van der Waals surface area (Å²) in [5.41, 5.74) is 1.35. The van der Waals surface area contributed by atoms with E-state index in [1.807, 2.05) is 30.3 Å². The first kappa shape index (κ1) is 22.0. The fourth-order valence-electron chi connectivity index (χ4n) is 4.31. The number of nitrogens with zero attached hydrogens (tertiary/aromatic N) is 2. The fourth-order valence-corrected chi connectivity index (χ4v) is 4.31. The number of rotatable bonds is 7. The highest BCUT2D eigenvalue weighted by molar-refractivity contribution is 6.46. The smallest absolute Gasteiger partial charge is 0.295 e. The molecule has 0 spiro atoms. The Kier molecular flexibility index (Phi) is 6.87. The molecule has 7 heteroatoms. The fraction of sp³-hybridized carbons (Fsp3) is 0.360. The van der Waals surface area contributed by atoms with Gasteiger partial charge in [-0.15, -0.1) is 0 Å². The van der Waals surface area contributed by atoms with E-state index < -0.39 is 17.7 Å². The maximum Gasteiger partial charge on any atom is 0.295 e. The molecule has 2 aliphatic heterocycles. The van der Waals surface area contributed by atoms with Gasteiger partial charge in [0.05, 0.1) is 31.9 Å². The molecule has 4 rings (SSSR count). The lowest BCUT2D eigenvalue weighted by atomic mass is 9.95. The van der Waals surface area contributed by atoms with Gasteiger partial charge in [0.2, 0.25) is 0 Å². The molecule has 0 aromatic heterocycles. The zero-order valence-electron chi connectivity index (χ0n) is 18.2. The zero-order valence-corrected chi connectivity index (χ0v) is 18.2. The van der Waals surface area contributed by atoms with Crippen LogP contribution in [0, 0.1) is 0 Å². The molecule has 7 nitrogen and oxygen atoms in total. The first-order chi connectivity index (χ1) is 15.6. The lowest BCUT2D eigenvalue weighted by Gasteiger charge is -2.29. The summed E-state index contributed by atoms with van der Waals surface area (Å²) in [5, 5.41) is 11.0. The second-order valence-electron chi connectivity index (χ2n) is 7.94. The number of carbonyl (C=O) groups excluding carboxylic acids is 2. The average molecular weight is 437 g/mol. The van der Waals surface area contributed by atoms with Gasteiger partial charge in [0.15, 0.2) is 0 Å². The van der Waals surface area contributed by atoms with Gasteiger partial charge in [0.1, 0.15) is 11.5 Å². The predicted octanol–water partition coefficient (Wildman–Crippen LogP) is 2.84. The molecule has 2 heterocycles. The Morgan fingerprint density at radius 3 is 2.53 bits per heavy atom. The van der Waals surface area contributed by atoms with Crippen molar-refractivity contribution in [3.63, 3.8) is 0 Å². The number of ketones is 1. The van der Waals surface area contributed by atoms with Gasteiger partial charge in [-0.2, -0.15) is 0 Å². The van der Waals surface area contributed by atoms with Gasteiger partial charge in [-0.3, -0.25) is 14.5 Å². The number of hydrogen-bond acceptors (Lipinski definition) is 6. The van der Waals surface area contributed by atoms with Gasteiger partial charge < -0.3 is 19.5 Å². The quantitative estimate of drug-likeness (QED) is 0.409. The summed E-state index contributed by atoms with van der Waals surface area (Å²) >= 11 is 0. The van der Waals surface area contributed by atoms with Crippen LogP contribution in [-0.4, -0.2) is 73.1 Å². The van der Waals surface area contributed by atoms with Crippen molar-refractivity contribution in [3.8, 4) is 5.75 Å². The maximum atomic E-state index is 13.1. The van der Waals surface area contributed by atoms with E-state index >= 15 is 0 Å². The van der Waals surface area contributed by atoms with Crippen molar-refractivity contribution in [2.75, 3.05) is 46.5 Å². The van der Waals surface area contributed by atoms with Crippen LogP contribution in [0.2, 0.25) is 0 Å². The predicted molar refractivity (Wildman–Crippen MR) is 120 cm³/mol. The molecule has 0 aliphatic carbocycles. The van der Waals surface area contributed by atoms with E-state index in [2.05, 4.69) is 4.90 Å². The van der Waals surface area contributed by atoms with Crippen LogP contribution in [0.3, 0.4) is 0 Å². The number of morpholine rings is 1. The lowest BCUT2D eigenvalue weighted by Crippen LogP contribution is -2.38. The number of amides is 1. The first-order valence-corrected chi connectivity index (χ1v) is 10.9. The molecule has 0 saturated carbocycles. The molecule has 1 amide bonds. The molecule has 168 valence electrons. The number of likely N-dealkylation sites (tertiary alicyclic amines) is 1. The van der Waals surface area contributed by atoms with Crippen LogP contribution >= 0.6 is 0 Å². The number of ether oxygens (including phenoxy) is 2. The Hall–Kier alpha value is -3.16. The molecule has 2 aliphatic rings. The number of aliphatic hydroxyl groups is 1. The van der Waals surface area contributed by atoms with Gasteiger partial charge in [-0.05, 0) is 24.1 Å². The number of aliphatic hydroxyl groups excluding tert-OH is 1. The summed E-state index contributed by atoms with van der Waals surface area (Å²) in [7, 11) is 1.57. The molecule has 0 unspecified atom stereocenters. The highest BCUT2D eigenvalue weighted by Crippen LogP contribution is 2.40. The minimum absolute atomic E-state index is 0.112. The average Bonchev–Trinajstić information content (AvgIpc) is 3.10. The van der Waals surface area contributed by atoms with Crippen molar-refractivity contribution in [3.05, 3.63) is 71.3 Å². The second-order valence-corrected chi connectivity index (χ2v) is 7.94. The Morgan fingerprint density at radius 1 is 1.06 bits per heavy atom. The third-order valence-corrected chi connectivity index (χ3v) is 5.97. The van der Waals surface area contributed by atoms with Crippen LogP contribution in [0.15, 0.2) is 60.2 Å². The van der Waals surface area contributed by atoms with E-state index in [0.717, 1.165) is 31.6 Å². The third-order valence-electron chi connectivity index (χ3n) is 5.97. The molecular weight excluding hydrogens is 408 g/mol. The summed E-state index contributed by atoms with van der Waals surface area (Å²) in [5.74, 6) is -0.781. The van der Waals surface area contributed by atoms with Crippen molar-refractivity contribution >= 4 is 17.4 Å². The van der Waals surface area contributed by atoms with Crippen LogP contribution in [0.25, 0.3) is 5.76 Å². The van der Waals surface area contributed by atoms with Crippen molar-refractivity contribution in [2.24, 2.45) is 0 Å². The molecule has 2 fully saturated rings. The van der Waals surface area contributed by atoms with Gasteiger partial charge >= 0.3 is 0 Å². The van der Waals surface area contributed by atoms with Crippen LogP contribution in [-0.2, 0) is 14.3 Å². The summed E-state index contributed by atoms with van der Waals surface area (Å²) in [4.78, 5) is 30.0. The van der Waals surface area contributed by atoms with Crippen molar-refractivity contribution < 1.29 is 24.2 Å². The van der Waals surface area contributed by atoms with Crippen LogP contribution < -0.4 is 4.74 Å². The van der Waals surface area contributed by atoms with E-state index in [-0.39, 0.29) is 11.3 Å². The SMILES string of the molecule is COc1cccc([C@H]2/C(=C(\O)c3ccccc3)C(=O)C(=O)N2CCCN2CCOCC2)c1. The minimum Gasteiger partial charge on any atom is -0.507 e. The molecule has 1 atom stereocenters. The first-order valence-electron chi connectivity index (χ1n) is 10.9. The molecule has 2 aromatic rings. The number of carbonyl (C=O) groups is 2. The molecule has 0 bridgehead atoms. The largest absolute Gasteiger partial charge is 0.507 e. The summed E-state index contributed by atoms with van der Waals surface area (Å²) in [6.45, 7) is 4.39. The van der Waals surface area contributed by atoms with E-state index in [0.29, 0.717) is 31.1 Å². The monoisotopic (exact) mass is 436 g/mol. The summed E-state index contributed by atoms with van der Waals surface area (Å²) in [6.07, 6.45) is 0.721. The molecule has 0 radical (unpaired) electrons. The number of hydrogen-bond donors (Lipinski definition) is 1. The third kappa shape index (κ3) is 4.54. The van der Waals surface area contributed by atoms with Gasteiger partial charge in [-0.25, -0.2) is 0 Å². The number of benzene rings is 2. The molecule has 2 saturated heterocycles. The van der Waals surface area contributed by atoms with Crippen molar-refractivity contribution in [1.29, 1.82) is 0 Å². The van der Waals surface area contributed by atoms with Crippen molar-refractivity contribution in [2.45, 2.75) is 12.5 Å². The highest BCUT2D eigenvalue weighted by atomic mass is 16.5. The van der Waals surface area contributed by atoms with E-state index in [1.165, 1.54) is 0 Å². The second kappa shape index (κ2) is 9.97. The van der Waals surface area contributed by atoms with Crippen molar-refractivity contribution in [1.82, 2.24) is 9.80 Å². The lowest BCUT2D eigenvalue weighted by molar-refractivity contribution is -0.140. The normalized spacial score (nSPS) is 21.2. The van der Waals surface area contributed by atoms with Crippen LogP contribution in [0.1, 0.15) is 23.6 Å². The van der Waals surface area contributed by atoms with E-state index in [1.54, 1.807) is 36.3 Å². The highest BCUT2D eigenvalue weighted by Gasteiger charge is 2.45. The van der Waals surface area contributed by atoms with E-state index in [9.17, 15) is 14.7 Å². The summed E-state index contributed by atoms with van der Waals surface area (Å²) < 4.78 is 10.8. The summed E-state index contributed by atoms with van der Waals surface area (Å²) in [6, 6.07) is 15.5. The molecule has 32 heavy (non-hydrogen) atoms. The zero-order chi connectivity index (χ0) is 22.5. The van der Waals surface area contributed by atoms with Crippen LogP contribution in [0.4, 0.5) is 0 Å². The standard InChI is InChI=1S/C25H28N2O5/c1-31-20-10-5-9-19(17-20)22-21(23(28)18-7-3-2-4-8-18)24(29)25(30)27(22)12-6-11-26-13-15-32-16-14-26/h2-5,7-10,17,22,28H,6,11-16H2,1H3/b23-21+/t22-/m0/s1. The Bertz CT molecular complexity index is 998. The van der Waals surface area contributed by atoms with E-state index in [4.69, 9.17) is 9.47 Å². The van der Waals surface area contributed by atoms with Gasteiger partial charge in [0.25, 0.3) is 11.7 Å². The van der Waals surface area contributed by atoms with Gasteiger partial charge in [0, 0.05) is 31.7 Å². The minimum atomic E-state index is -0.671. The van der Waals surface area contributed by atoms with Gasteiger partial charge in [-0.1, -0.05) is 42.5 Å². The molecule has 2 aromatic carbocycles.